The molecular formula is C14H13F3N2S. The van der Waals surface area contributed by atoms with E-state index in [9.17, 15) is 13.2 Å². The first-order chi connectivity index (χ1) is 9.43. The Labute approximate surface area is 119 Å². The molecule has 1 aromatic carbocycles. The Morgan fingerprint density at radius 2 is 1.80 bits per heavy atom. The maximum absolute atomic E-state index is 13.0. The van der Waals surface area contributed by atoms with Gasteiger partial charge in [0.25, 0.3) is 0 Å². The maximum atomic E-state index is 13.0. The van der Waals surface area contributed by atoms with Crippen molar-refractivity contribution in [1.29, 1.82) is 0 Å². The lowest BCUT2D eigenvalue weighted by molar-refractivity contribution is -0.138. The molecule has 0 fully saturated rings. The van der Waals surface area contributed by atoms with Gasteiger partial charge >= 0.3 is 6.18 Å². The Hall–Kier alpha value is -1.53. The minimum atomic E-state index is -4.44. The minimum Gasteiger partial charge on any atom is -0.320 e. The number of nitrogens with zero attached hydrogens (tertiary/aromatic N) is 1. The smallest absolute Gasteiger partial charge is 0.320 e. The summed E-state index contributed by atoms with van der Waals surface area (Å²) in [5, 5.41) is 0. The zero-order chi connectivity index (χ0) is 14.8. The molecule has 2 N–H and O–H groups in total. The zero-order valence-electron chi connectivity index (χ0n) is 10.7. The van der Waals surface area contributed by atoms with E-state index in [1.807, 2.05) is 18.4 Å². The number of alkyl halides is 3. The first-order valence-corrected chi connectivity index (χ1v) is 7.06. The number of hydrogen-bond donors (Lipinski definition) is 1. The molecule has 0 saturated carbocycles. The average Bonchev–Trinajstić information content (AvgIpc) is 2.46. The second-order valence-electron chi connectivity index (χ2n) is 4.21. The van der Waals surface area contributed by atoms with Crippen LogP contribution in [0.5, 0.6) is 0 Å². The summed E-state index contributed by atoms with van der Waals surface area (Å²) in [6, 6.07) is 7.25. The van der Waals surface area contributed by atoms with Crippen molar-refractivity contribution in [2.45, 2.75) is 17.1 Å². The van der Waals surface area contributed by atoms with Gasteiger partial charge in [0.05, 0.1) is 11.6 Å². The molecule has 1 unspecified atom stereocenters. The highest BCUT2D eigenvalue weighted by Gasteiger charge is 2.34. The first kappa shape index (κ1) is 14.9. The summed E-state index contributed by atoms with van der Waals surface area (Å²) in [4.78, 5) is 4.79. The third kappa shape index (κ3) is 3.13. The summed E-state index contributed by atoms with van der Waals surface area (Å²) in [6.07, 6.45) is -0.210. The van der Waals surface area contributed by atoms with Gasteiger partial charge in [-0.3, -0.25) is 4.98 Å². The lowest BCUT2D eigenvalue weighted by atomic mass is 9.97. The average molecular weight is 298 g/mol. The summed E-state index contributed by atoms with van der Waals surface area (Å²) in [7, 11) is 0. The van der Waals surface area contributed by atoms with Crippen molar-refractivity contribution >= 4 is 11.8 Å². The molecule has 1 aromatic heterocycles. The van der Waals surface area contributed by atoms with Gasteiger partial charge in [-0.25, -0.2) is 0 Å². The molecule has 2 rings (SSSR count). The standard InChI is InChI=1S/C14H13F3N2S/c1-20-10-4-2-9(3-5-10)13(18)11-8-19-7-6-12(11)14(15,16)17/h2-8,13H,18H2,1H3. The van der Waals surface area contributed by atoms with Crippen LogP contribution in [0, 0.1) is 0 Å². The lowest BCUT2D eigenvalue weighted by Crippen LogP contribution is -2.18. The van der Waals surface area contributed by atoms with E-state index in [4.69, 9.17) is 5.73 Å². The summed E-state index contributed by atoms with van der Waals surface area (Å²) in [5.74, 6) is 0. The van der Waals surface area contributed by atoms with Gasteiger partial charge in [-0.15, -0.1) is 11.8 Å². The summed E-state index contributed by atoms with van der Waals surface area (Å²) in [5.41, 5.74) is 5.83. The molecular weight excluding hydrogens is 285 g/mol. The number of rotatable bonds is 3. The van der Waals surface area contributed by atoms with Crippen molar-refractivity contribution < 1.29 is 13.2 Å². The Bertz CT molecular complexity index is 582. The van der Waals surface area contributed by atoms with E-state index in [0.717, 1.165) is 17.2 Å². The van der Waals surface area contributed by atoms with Crippen molar-refractivity contribution in [3.63, 3.8) is 0 Å². The second-order valence-corrected chi connectivity index (χ2v) is 5.09. The lowest BCUT2D eigenvalue weighted by Gasteiger charge is -2.18. The van der Waals surface area contributed by atoms with Crippen LogP contribution < -0.4 is 5.73 Å². The van der Waals surface area contributed by atoms with E-state index in [1.165, 1.54) is 6.20 Å². The number of thioether (sulfide) groups is 1. The van der Waals surface area contributed by atoms with Gasteiger partial charge < -0.3 is 5.73 Å². The highest BCUT2D eigenvalue weighted by atomic mass is 32.2. The molecule has 0 saturated heterocycles. The Balaban J connectivity index is 2.40. The van der Waals surface area contributed by atoms with Crippen LogP contribution in [0.4, 0.5) is 13.2 Å². The summed E-state index contributed by atoms with van der Waals surface area (Å²) < 4.78 is 38.9. The van der Waals surface area contributed by atoms with E-state index in [0.29, 0.717) is 5.56 Å². The third-order valence-corrected chi connectivity index (χ3v) is 3.71. The Kier molecular flexibility index (Phi) is 4.35. The second kappa shape index (κ2) is 5.85. The van der Waals surface area contributed by atoms with E-state index < -0.39 is 17.8 Å². The van der Waals surface area contributed by atoms with Crippen LogP contribution in [0.2, 0.25) is 0 Å². The highest BCUT2D eigenvalue weighted by molar-refractivity contribution is 7.98. The van der Waals surface area contributed by atoms with Gasteiger partial charge in [-0.1, -0.05) is 12.1 Å². The third-order valence-electron chi connectivity index (χ3n) is 2.97. The summed E-state index contributed by atoms with van der Waals surface area (Å²) in [6.45, 7) is 0. The maximum Gasteiger partial charge on any atom is 0.416 e. The number of halogens is 3. The van der Waals surface area contributed by atoms with Crippen LogP contribution in [0.25, 0.3) is 0 Å². The number of hydrogen-bond acceptors (Lipinski definition) is 3. The molecule has 2 nitrogen and oxygen atoms in total. The topological polar surface area (TPSA) is 38.9 Å². The molecule has 0 aliphatic carbocycles. The summed E-state index contributed by atoms with van der Waals surface area (Å²) >= 11 is 1.56. The van der Waals surface area contributed by atoms with Gasteiger partial charge in [0.15, 0.2) is 0 Å². The first-order valence-electron chi connectivity index (χ1n) is 5.84. The minimum absolute atomic E-state index is 0.0168. The van der Waals surface area contributed by atoms with Crippen LogP contribution in [-0.2, 0) is 6.18 Å². The van der Waals surface area contributed by atoms with Crippen LogP contribution in [0.3, 0.4) is 0 Å². The number of aromatic nitrogens is 1. The predicted octanol–water partition coefficient (Wildman–Crippen LogP) is 3.87. The van der Waals surface area contributed by atoms with Crippen LogP contribution in [-0.4, -0.2) is 11.2 Å². The van der Waals surface area contributed by atoms with Gasteiger partial charge in [0, 0.05) is 22.9 Å². The predicted molar refractivity (Wildman–Crippen MR) is 73.5 cm³/mol. The zero-order valence-corrected chi connectivity index (χ0v) is 11.5. The molecule has 106 valence electrons. The van der Waals surface area contributed by atoms with Crippen molar-refractivity contribution in [2.75, 3.05) is 6.26 Å². The molecule has 6 heteroatoms. The fourth-order valence-corrected chi connectivity index (χ4v) is 2.31. The SMILES string of the molecule is CSc1ccc(C(N)c2cnccc2C(F)(F)F)cc1. The molecule has 20 heavy (non-hydrogen) atoms. The Morgan fingerprint density at radius 3 is 2.35 bits per heavy atom. The van der Waals surface area contributed by atoms with Crippen LogP contribution in [0.15, 0.2) is 47.6 Å². The molecule has 0 aliphatic rings. The van der Waals surface area contributed by atoms with Crippen molar-refractivity contribution in [3.8, 4) is 0 Å². The van der Waals surface area contributed by atoms with E-state index in [2.05, 4.69) is 4.98 Å². The van der Waals surface area contributed by atoms with Crippen molar-refractivity contribution in [1.82, 2.24) is 4.98 Å². The van der Waals surface area contributed by atoms with Gasteiger partial charge in [-0.2, -0.15) is 13.2 Å². The monoisotopic (exact) mass is 298 g/mol. The highest BCUT2D eigenvalue weighted by Crippen LogP contribution is 2.35. The van der Waals surface area contributed by atoms with Crippen molar-refractivity contribution in [2.24, 2.45) is 5.73 Å². The number of nitrogens with two attached hydrogens (primary N) is 1. The molecule has 0 radical (unpaired) electrons. The molecule has 0 bridgehead atoms. The quantitative estimate of drug-likeness (QED) is 0.874. The molecule has 0 amide bonds. The van der Waals surface area contributed by atoms with Crippen molar-refractivity contribution in [3.05, 3.63) is 59.4 Å². The van der Waals surface area contributed by atoms with E-state index >= 15 is 0 Å². The molecule has 1 atom stereocenters. The van der Waals surface area contributed by atoms with Gasteiger partial charge in [-0.05, 0) is 30.0 Å². The Morgan fingerprint density at radius 1 is 1.15 bits per heavy atom. The fourth-order valence-electron chi connectivity index (χ4n) is 1.90. The van der Waals surface area contributed by atoms with Crippen LogP contribution in [0.1, 0.15) is 22.7 Å². The molecule has 1 heterocycles. The van der Waals surface area contributed by atoms with Crippen LogP contribution >= 0.6 is 11.8 Å². The molecule has 0 spiro atoms. The largest absolute Gasteiger partial charge is 0.416 e. The molecule has 2 aromatic rings. The fraction of sp³-hybridized carbons (Fsp3) is 0.214. The van der Waals surface area contributed by atoms with Gasteiger partial charge in [0.1, 0.15) is 0 Å². The molecule has 0 aliphatic heterocycles. The number of benzene rings is 1. The van der Waals surface area contributed by atoms with E-state index in [-0.39, 0.29) is 5.56 Å². The number of pyridine rings is 1. The van der Waals surface area contributed by atoms with Gasteiger partial charge in [0.2, 0.25) is 0 Å². The normalized spacial score (nSPS) is 13.2. The van der Waals surface area contributed by atoms with E-state index in [1.54, 1.807) is 23.9 Å².